The van der Waals surface area contributed by atoms with Crippen molar-refractivity contribution < 1.29 is 9.13 Å². The van der Waals surface area contributed by atoms with Crippen molar-refractivity contribution in [2.75, 3.05) is 20.7 Å². The Hall–Kier alpha value is -1.13. The maximum atomic E-state index is 13.9. The van der Waals surface area contributed by atoms with Crippen LogP contribution in [0.2, 0.25) is 0 Å². The van der Waals surface area contributed by atoms with Crippen LogP contribution < -0.4 is 10.5 Å². The fraction of sp³-hybridized carbons (Fsp3) is 0.647. The molecule has 0 bridgehead atoms. The zero-order valence-electron chi connectivity index (χ0n) is 13.3. The zero-order valence-corrected chi connectivity index (χ0v) is 13.3. The lowest BCUT2D eigenvalue weighted by Crippen LogP contribution is -2.40. The zero-order chi connectivity index (χ0) is 15.4. The molecule has 4 heteroatoms. The van der Waals surface area contributed by atoms with Crippen molar-refractivity contribution in [3.05, 3.63) is 29.6 Å². The monoisotopic (exact) mass is 294 g/mol. The summed E-state index contributed by atoms with van der Waals surface area (Å²) < 4.78 is 18.9. The second-order valence-corrected chi connectivity index (χ2v) is 6.22. The van der Waals surface area contributed by atoms with Crippen LogP contribution in [-0.4, -0.2) is 31.6 Å². The maximum absolute atomic E-state index is 13.9. The number of nitrogens with zero attached hydrogens (tertiary/aromatic N) is 1. The van der Waals surface area contributed by atoms with Crippen LogP contribution in [0.3, 0.4) is 0 Å². The largest absolute Gasteiger partial charge is 0.494 e. The van der Waals surface area contributed by atoms with Crippen molar-refractivity contribution in [3.63, 3.8) is 0 Å². The topological polar surface area (TPSA) is 38.5 Å². The Balaban J connectivity index is 2.13. The predicted octanol–water partition coefficient (Wildman–Crippen LogP) is 3.34. The summed E-state index contributed by atoms with van der Waals surface area (Å²) in [6, 6.07) is 5.76. The Morgan fingerprint density at radius 2 is 2.00 bits per heavy atom. The lowest BCUT2D eigenvalue weighted by Gasteiger charge is -2.38. The number of ether oxygens (including phenoxy) is 1. The quantitative estimate of drug-likeness (QED) is 0.905. The molecule has 1 aromatic carbocycles. The van der Waals surface area contributed by atoms with Gasteiger partial charge in [-0.05, 0) is 56.3 Å². The van der Waals surface area contributed by atoms with E-state index in [-0.39, 0.29) is 17.6 Å². The average molecular weight is 294 g/mol. The third-order valence-electron chi connectivity index (χ3n) is 4.84. The molecule has 1 aliphatic carbocycles. The van der Waals surface area contributed by atoms with E-state index in [0.29, 0.717) is 12.6 Å². The number of hydrogen-bond acceptors (Lipinski definition) is 3. The SMILES string of the molecule is COc1ccc(C(CN)N(C)C2CCC(C)CC2)cc1F. The van der Waals surface area contributed by atoms with Crippen molar-refractivity contribution in [3.8, 4) is 5.75 Å². The normalized spacial score (nSPS) is 24.1. The maximum Gasteiger partial charge on any atom is 0.165 e. The van der Waals surface area contributed by atoms with E-state index in [1.807, 2.05) is 6.07 Å². The van der Waals surface area contributed by atoms with Gasteiger partial charge in [0.25, 0.3) is 0 Å². The van der Waals surface area contributed by atoms with Crippen molar-refractivity contribution in [1.29, 1.82) is 0 Å². The molecule has 1 unspecified atom stereocenters. The molecular weight excluding hydrogens is 267 g/mol. The molecule has 21 heavy (non-hydrogen) atoms. The number of halogens is 1. The van der Waals surface area contributed by atoms with E-state index in [0.717, 1.165) is 11.5 Å². The Morgan fingerprint density at radius 3 is 2.52 bits per heavy atom. The molecule has 0 amide bonds. The first-order valence-electron chi connectivity index (χ1n) is 7.82. The first-order chi connectivity index (χ1) is 10.1. The lowest BCUT2D eigenvalue weighted by atomic mass is 9.86. The van der Waals surface area contributed by atoms with Gasteiger partial charge in [0.1, 0.15) is 0 Å². The molecule has 2 rings (SSSR count). The van der Waals surface area contributed by atoms with Gasteiger partial charge in [0.15, 0.2) is 11.6 Å². The molecule has 1 fully saturated rings. The molecule has 0 saturated heterocycles. The molecule has 0 spiro atoms. The summed E-state index contributed by atoms with van der Waals surface area (Å²) >= 11 is 0. The Bertz CT molecular complexity index is 458. The second-order valence-electron chi connectivity index (χ2n) is 6.22. The van der Waals surface area contributed by atoms with Crippen molar-refractivity contribution in [2.45, 2.75) is 44.7 Å². The number of likely N-dealkylation sites (N-methyl/N-ethyl adjacent to an activating group) is 1. The highest BCUT2D eigenvalue weighted by atomic mass is 19.1. The van der Waals surface area contributed by atoms with Gasteiger partial charge in [-0.2, -0.15) is 0 Å². The summed E-state index contributed by atoms with van der Waals surface area (Å²) in [5.74, 6) is 0.784. The van der Waals surface area contributed by atoms with Crippen LogP contribution in [0.25, 0.3) is 0 Å². The molecular formula is C17H27FN2O. The van der Waals surface area contributed by atoms with Crippen molar-refractivity contribution in [2.24, 2.45) is 11.7 Å². The van der Waals surface area contributed by atoms with E-state index >= 15 is 0 Å². The summed E-state index contributed by atoms with van der Waals surface area (Å²) in [5.41, 5.74) is 6.89. The van der Waals surface area contributed by atoms with Gasteiger partial charge in [0, 0.05) is 18.6 Å². The second kappa shape index (κ2) is 7.23. The van der Waals surface area contributed by atoms with Gasteiger partial charge in [-0.25, -0.2) is 4.39 Å². The van der Waals surface area contributed by atoms with Crippen LogP contribution >= 0.6 is 0 Å². The number of hydrogen-bond donors (Lipinski definition) is 1. The molecule has 118 valence electrons. The number of nitrogens with two attached hydrogens (primary N) is 1. The van der Waals surface area contributed by atoms with E-state index in [2.05, 4.69) is 18.9 Å². The summed E-state index contributed by atoms with van der Waals surface area (Å²) in [5, 5.41) is 0. The van der Waals surface area contributed by atoms with Crippen molar-refractivity contribution >= 4 is 0 Å². The van der Waals surface area contributed by atoms with Crippen LogP contribution in [-0.2, 0) is 0 Å². The van der Waals surface area contributed by atoms with E-state index in [1.54, 1.807) is 12.1 Å². The van der Waals surface area contributed by atoms with Crippen LogP contribution in [0, 0.1) is 11.7 Å². The number of methoxy groups -OCH3 is 1. The summed E-state index contributed by atoms with van der Waals surface area (Å²) in [4.78, 5) is 2.33. The summed E-state index contributed by atoms with van der Waals surface area (Å²) in [6.45, 7) is 2.81. The smallest absolute Gasteiger partial charge is 0.165 e. The molecule has 1 aliphatic rings. The van der Waals surface area contributed by atoms with Gasteiger partial charge in [0.2, 0.25) is 0 Å². The van der Waals surface area contributed by atoms with E-state index in [1.165, 1.54) is 32.8 Å². The van der Waals surface area contributed by atoms with E-state index in [4.69, 9.17) is 10.5 Å². The minimum absolute atomic E-state index is 0.0591. The van der Waals surface area contributed by atoms with E-state index < -0.39 is 0 Å². The fourth-order valence-electron chi connectivity index (χ4n) is 3.33. The minimum atomic E-state index is -0.320. The Morgan fingerprint density at radius 1 is 1.33 bits per heavy atom. The predicted molar refractivity (Wildman–Crippen MR) is 83.9 cm³/mol. The highest BCUT2D eigenvalue weighted by molar-refractivity contribution is 5.31. The van der Waals surface area contributed by atoms with Crippen LogP contribution in [0.15, 0.2) is 18.2 Å². The van der Waals surface area contributed by atoms with Crippen LogP contribution in [0.5, 0.6) is 5.75 Å². The van der Waals surface area contributed by atoms with Crippen molar-refractivity contribution in [1.82, 2.24) is 4.90 Å². The minimum Gasteiger partial charge on any atom is -0.494 e. The molecule has 1 atom stereocenters. The molecule has 0 heterocycles. The van der Waals surface area contributed by atoms with Gasteiger partial charge in [-0.3, -0.25) is 4.90 Å². The standard InChI is InChI=1S/C17H27FN2O/c1-12-4-7-14(8-5-12)20(2)16(11-19)13-6-9-17(21-3)15(18)10-13/h6,9-10,12,14,16H,4-5,7-8,11,19H2,1-3H3. The fourth-order valence-corrected chi connectivity index (χ4v) is 3.33. The molecule has 0 aliphatic heterocycles. The summed E-state index contributed by atoms with van der Waals surface area (Å²) in [7, 11) is 3.59. The highest BCUT2D eigenvalue weighted by Gasteiger charge is 2.27. The highest BCUT2D eigenvalue weighted by Crippen LogP contribution is 2.32. The molecule has 1 aromatic rings. The van der Waals surface area contributed by atoms with Gasteiger partial charge < -0.3 is 10.5 Å². The average Bonchev–Trinajstić information content (AvgIpc) is 2.49. The third-order valence-corrected chi connectivity index (χ3v) is 4.84. The Kier molecular flexibility index (Phi) is 5.59. The molecule has 0 aromatic heterocycles. The van der Waals surface area contributed by atoms with E-state index in [9.17, 15) is 4.39 Å². The van der Waals surface area contributed by atoms with Gasteiger partial charge in [-0.1, -0.05) is 13.0 Å². The van der Waals surface area contributed by atoms with Crippen LogP contribution in [0.4, 0.5) is 4.39 Å². The summed E-state index contributed by atoms with van der Waals surface area (Å²) in [6.07, 6.45) is 4.94. The lowest BCUT2D eigenvalue weighted by molar-refractivity contribution is 0.126. The molecule has 2 N–H and O–H groups in total. The third kappa shape index (κ3) is 3.74. The molecule has 1 saturated carbocycles. The first kappa shape index (κ1) is 16.2. The first-order valence-corrected chi connectivity index (χ1v) is 7.82. The number of rotatable bonds is 5. The Labute approximate surface area is 127 Å². The number of benzene rings is 1. The van der Waals surface area contributed by atoms with Crippen LogP contribution in [0.1, 0.15) is 44.2 Å². The van der Waals surface area contributed by atoms with Gasteiger partial charge in [-0.15, -0.1) is 0 Å². The van der Waals surface area contributed by atoms with Gasteiger partial charge >= 0.3 is 0 Å². The molecule has 0 radical (unpaired) electrons. The molecule has 3 nitrogen and oxygen atoms in total. The van der Waals surface area contributed by atoms with Gasteiger partial charge in [0.05, 0.1) is 7.11 Å².